The van der Waals surface area contributed by atoms with Crippen LogP contribution in [0.15, 0.2) is 24.3 Å². The zero-order valence-electron chi connectivity index (χ0n) is 12.2. The van der Waals surface area contributed by atoms with Gasteiger partial charge < -0.3 is 0 Å². The van der Waals surface area contributed by atoms with Crippen LogP contribution in [-0.2, 0) is 12.8 Å². The molecule has 0 aliphatic heterocycles. The molecule has 0 unspecified atom stereocenters. The lowest BCUT2D eigenvalue weighted by Gasteiger charge is -2.26. The van der Waals surface area contributed by atoms with Crippen LogP contribution in [0.1, 0.15) is 51.8 Å². The van der Waals surface area contributed by atoms with Crippen molar-refractivity contribution in [2.75, 3.05) is 0 Å². The molecule has 0 bridgehead atoms. The third-order valence-corrected chi connectivity index (χ3v) is 4.86. The van der Waals surface area contributed by atoms with Crippen LogP contribution in [-0.4, -0.2) is 10.8 Å². The monoisotopic (exact) mass is 285 g/mol. The molecule has 1 aliphatic rings. The smallest absolute Gasteiger partial charge is 0.175 e. The van der Waals surface area contributed by atoms with Crippen LogP contribution in [0.2, 0.25) is 0 Å². The zero-order valence-corrected chi connectivity index (χ0v) is 13.0. The third kappa shape index (κ3) is 2.68. The van der Waals surface area contributed by atoms with Crippen molar-refractivity contribution in [3.05, 3.63) is 51.0 Å². The molecule has 2 nitrogen and oxygen atoms in total. The first-order chi connectivity index (χ1) is 9.43. The Morgan fingerprint density at radius 1 is 1.30 bits per heavy atom. The van der Waals surface area contributed by atoms with Crippen LogP contribution in [0.5, 0.6) is 0 Å². The fourth-order valence-corrected chi connectivity index (χ4v) is 3.89. The van der Waals surface area contributed by atoms with Crippen molar-refractivity contribution in [2.45, 2.75) is 40.0 Å². The number of hydrogen-bond acceptors (Lipinski definition) is 3. The Labute approximate surface area is 123 Å². The summed E-state index contributed by atoms with van der Waals surface area (Å²) >= 11 is 1.58. The number of aromatic nitrogens is 1. The number of carbonyl (C=O) groups is 1. The van der Waals surface area contributed by atoms with Gasteiger partial charge in [0, 0.05) is 12.8 Å². The van der Waals surface area contributed by atoms with Crippen molar-refractivity contribution >= 4 is 17.1 Å². The summed E-state index contributed by atoms with van der Waals surface area (Å²) in [6, 6.07) is 8.49. The molecule has 1 aliphatic carbocycles. The van der Waals surface area contributed by atoms with Gasteiger partial charge in [-0.3, -0.25) is 4.79 Å². The van der Waals surface area contributed by atoms with Gasteiger partial charge in [-0.15, -0.1) is 11.3 Å². The molecule has 3 rings (SSSR count). The first-order valence-corrected chi connectivity index (χ1v) is 7.82. The highest BCUT2D eigenvalue weighted by molar-refractivity contribution is 7.13. The van der Waals surface area contributed by atoms with Crippen LogP contribution in [0.25, 0.3) is 0 Å². The van der Waals surface area contributed by atoms with E-state index in [1.54, 1.807) is 11.3 Å². The van der Waals surface area contributed by atoms with Gasteiger partial charge in [0.05, 0.1) is 15.6 Å². The Balaban J connectivity index is 1.89. The van der Waals surface area contributed by atoms with Crippen LogP contribution in [0.3, 0.4) is 0 Å². The zero-order chi connectivity index (χ0) is 14.3. The molecule has 0 radical (unpaired) electrons. The van der Waals surface area contributed by atoms with Gasteiger partial charge in [0.15, 0.2) is 5.78 Å². The quantitative estimate of drug-likeness (QED) is 0.828. The highest BCUT2D eigenvalue weighted by Gasteiger charge is 2.33. The largest absolute Gasteiger partial charge is 0.293 e. The molecule has 1 aromatic carbocycles. The molecule has 0 fully saturated rings. The standard InChI is InChI=1S/C17H19NOS/c1-11-5-4-6-12(7-11)8-15-18-13-9-17(2,3)10-14(19)16(13)20-15/h4-7H,8-10H2,1-3H3. The van der Waals surface area contributed by atoms with E-state index in [-0.39, 0.29) is 11.2 Å². The maximum absolute atomic E-state index is 12.2. The van der Waals surface area contributed by atoms with Crippen molar-refractivity contribution in [3.63, 3.8) is 0 Å². The van der Waals surface area contributed by atoms with Crippen LogP contribution in [0, 0.1) is 12.3 Å². The molecule has 0 N–H and O–H groups in total. The second-order valence-electron chi connectivity index (χ2n) is 6.49. The molecule has 1 aromatic heterocycles. The fraction of sp³-hybridized carbons (Fsp3) is 0.412. The van der Waals surface area contributed by atoms with E-state index in [0.717, 1.165) is 28.4 Å². The molecule has 104 valence electrons. The average Bonchev–Trinajstić information content (AvgIpc) is 2.70. The van der Waals surface area contributed by atoms with E-state index < -0.39 is 0 Å². The Bertz CT molecular complexity index is 669. The number of rotatable bonds is 2. The first kappa shape index (κ1) is 13.5. The Morgan fingerprint density at radius 2 is 2.10 bits per heavy atom. The van der Waals surface area contributed by atoms with Gasteiger partial charge in [-0.1, -0.05) is 43.7 Å². The van der Waals surface area contributed by atoms with E-state index in [2.05, 4.69) is 45.0 Å². The van der Waals surface area contributed by atoms with E-state index in [9.17, 15) is 4.79 Å². The minimum Gasteiger partial charge on any atom is -0.293 e. The molecule has 20 heavy (non-hydrogen) atoms. The van der Waals surface area contributed by atoms with Gasteiger partial charge in [0.1, 0.15) is 0 Å². The number of fused-ring (bicyclic) bond motifs is 1. The number of ketones is 1. The normalized spacial score (nSPS) is 17.1. The summed E-state index contributed by atoms with van der Waals surface area (Å²) in [5, 5.41) is 1.06. The number of thiazole rings is 1. The summed E-state index contributed by atoms with van der Waals surface area (Å²) < 4.78 is 0. The SMILES string of the molecule is Cc1cccc(Cc2nc3c(s2)C(=O)CC(C)(C)C3)c1. The van der Waals surface area contributed by atoms with E-state index >= 15 is 0 Å². The summed E-state index contributed by atoms with van der Waals surface area (Å²) in [6.45, 7) is 6.39. The van der Waals surface area contributed by atoms with Gasteiger partial charge >= 0.3 is 0 Å². The minimum absolute atomic E-state index is 0.0543. The molecule has 3 heteroatoms. The van der Waals surface area contributed by atoms with Crippen LogP contribution < -0.4 is 0 Å². The topological polar surface area (TPSA) is 30.0 Å². The molecule has 1 heterocycles. The van der Waals surface area contributed by atoms with Crippen molar-refractivity contribution < 1.29 is 4.79 Å². The molecular weight excluding hydrogens is 266 g/mol. The van der Waals surface area contributed by atoms with E-state index in [0.29, 0.717) is 6.42 Å². The molecule has 0 amide bonds. The molecule has 0 saturated heterocycles. The number of carbonyl (C=O) groups excluding carboxylic acids is 1. The summed E-state index contributed by atoms with van der Waals surface area (Å²) in [5.41, 5.74) is 3.60. The predicted octanol–water partition coefficient (Wildman–Crippen LogP) is 4.20. The highest BCUT2D eigenvalue weighted by atomic mass is 32.1. The second-order valence-corrected chi connectivity index (χ2v) is 7.57. The van der Waals surface area contributed by atoms with Crippen molar-refractivity contribution in [2.24, 2.45) is 5.41 Å². The number of aryl methyl sites for hydroxylation is 1. The minimum atomic E-state index is 0.0543. The number of benzene rings is 1. The van der Waals surface area contributed by atoms with Gasteiger partial charge in [0.2, 0.25) is 0 Å². The number of nitrogens with zero attached hydrogens (tertiary/aromatic N) is 1. The maximum Gasteiger partial charge on any atom is 0.175 e. The summed E-state index contributed by atoms with van der Waals surface area (Å²) in [6.07, 6.45) is 2.39. The number of hydrogen-bond donors (Lipinski definition) is 0. The molecule has 0 spiro atoms. The first-order valence-electron chi connectivity index (χ1n) is 7.00. The Hall–Kier alpha value is -1.48. The highest BCUT2D eigenvalue weighted by Crippen LogP contribution is 2.37. The van der Waals surface area contributed by atoms with E-state index in [1.807, 2.05) is 0 Å². The van der Waals surface area contributed by atoms with Crippen molar-refractivity contribution in [1.82, 2.24) is 4.98 Å². The molecule has 0 atom stereocenters. The number of Topliss-reactive ketones (excluding diaryl/α,β-unsaturated/α-hetero) is 1. The predicted molar refractivity (Wildman–Crippen MR) is 82.5 cm³/mol. The Kier molecular flexibility index (Phi) is 3.25. The maximum atomic E-state index is 12.2. The second kappa shape index (κ2) is 4.81. The van der Waals surface area contributed by atoms with E-state index in [4.69, 9.17) is 4.98 Å². The summed E-state index contributed by atoms with van der Waals surface area (Å²) in [7, 11) is 0. The van der Waals surface area contributed by atoms with Crippen molar-refractivity contribution in [1.29, 1.82) is 0 Å². The van der Waals surface area contributed by atoms with Gasteiger partial charge in [0.25, 0.3) is 0 Å². The van der Waals surface area contributed by atoms with E-state index in [1.165, 1.54) is 11.1 Å². The molecule has 0 saturated carbocycles. The summed E-state index contributed by atoms with van der Waals surface area (Å²) in [5.74, 6) is 0.268. The van der Waals surface area contributed by atoms with Crippen molar-refractivity contribution in [3.8, 4) is 0 Å². The van der Waals surface area contributed by atoms with Gasteiger partial charge in [-0.25, -0.2) is 4.98 Å². The van der Waals surface area contributed by atoms with Crippen LogP contribution >= 0.6 is 11.3 Å². The van der Waals surface area contributed by atoms with Gasteiger partial charge in [-0.05, 0) is 24.3 Å². The fourth-order valence-electron chi connectivity index (χ4n) is 2.84. The average molecular weight is 285 g/mol. The lowest BCUT2D eigenvalue weighted by molar-refractivity contribution is 0.0916. The molecular formula is C17H19NOS. The third-order valence-electron chi connectivity index (χ3n) is 3.72. The lowest BCUT2D eigenvalue weighted by Crippen LogP contribution is -2.26. The van der Waals surface area contributed by atoms with Gasteiger partial charge in [-0.2, -0.15) is 0 Å². The van der Waals surface area contributed by atoms with Crippen LogP contribution in [0.4, 0.5) is 0 Å². The molecule has 2 aromatic rings. The lowest BCUT2D eigenvalue weighted by atomic mass is 9.78. The summed E-state index contributed by atoms with van der Waals surface area (Å²) in [4.78, 5) is 17.8. The Morgan fingerprint density at radius 3 is 2.85 bits per heavy atom.